The van der Waals surface area contributed by atoms with E-state index in [1.165, 1.54) is 0 Å². The second kappa shape index (κ2) is 5.19. The van der Waals surface area contributed by atoms with Crippen LogP contribution in [0.3, 0.4) is 0 Å². The van der Waals surface area contributed by atoms with Crippen molar-refractivity contribution in [2.45, 2.75) is 12.8 Å². The Labute approximate surface area is 116 Å². The number of rotatable bonds is 4. The molecule has 0 unspecified atom stereocenters. The molecule has 6 heteroatoms. The zero-order valence-corrected chi connectivity index (χ0v) is 11.2. The number of benzene rings is 1. The molecule has 0 saturated heterocycles. The maximum absolute atomic E-state index is 9.80. The normalized spacial score (nSPS) is 17.3. The molecule has 1 aromatic carbocycles. The zero-order valence-electron chi connectivity index (χ0n) is 10.5. The van der Waals surface area contributed by atoms with Crippen LogP contribution in [0.2, 0.25) is 0 Å². The molecule has 2 aliphatic rings. The summed E-state index contributed by atoms with van der Waals surface area (Å²) in [5, 5.41) is 15.4. The van der Waals surface area contributed by atoms with Crippen molar-refractivity contribution in [2.24, 2.45) is 9.98 Å². The van der Waals surface area contributed by atoms with Crippen molar-refractivity contribution in [1.82, 2.24) is 10.0 Å². The van der Waals surface area contributed by atoms with Crippen LogP contribution in [-0.4, -0.2) is 40.2 Å². The Morgan fingerprint density at radius 1 is 1.32 bits per heavy atom. The zero-order chi connectivity index (χ0) is 13.2. The van der Waals surface area contributed by atoms with E-state index in [-0.39, 0.29) is 5.75 Å². The van der Waals surface area contributed by atoms with Crippen molar-refractivity contribution in [3.8, 4) is 5.75 Å². The van der Waals surface area contributed by atoms with E-state index in [1.54, 1.807) is 6.07 Å². The Hall–Kier alpha value is -1.59. The van der Waals surface area contributed by atoms with Gasteiger partial charge in [-0.05, 0) is 18.9 Å². The minimum atomic E-state index is 0.191. The molecular weight excluding hydrogens is 264 g/mol. The van der Waals surface area contributed by atoms with E-state index in [0.717, 1.165) is 24.6 Å². The number of guanidine groups is 1. The van der Waals surface area contributed by atoms with Crippen LogP contribution in [0.25, 0.3) is 6.20 Å². The third-order valence-corrected chi connectivity index (χ3v) is 3.47. The lowest BCUT2D eigenvalue weighted by Gasteiger charge is -2.26. The summed E-state index contributed by atoms with van der Waals surface area (Å²) in [7, 11) is 0. The van der Waals surface area contributed by atoms with E-state index < -0.39 is 0 Å². The number of alkyl halides is 1. The number of nitrogens with zero attached hydrogens (tertiary/aromatic N) is 4. The van der Waals surface area contributed by atoms with Gasteiger partial charge >= 0.3 is 0 Å². The van der Waals surface area contributed by atoms with Gasteiger partial charge in [-0.2, -0.15) is 5.01 Å². The van der Waals surface area contributed by atoms with E-state index in [0.29, 0.717) is 23.9 Å². The Balaban J connectivity index is 1.88. The van der Waals surface area contributed by atoms with Crippen LogP contribution in [0.5, 0.6) is 5.75 Å². The average molecular weight is 279 g/mol. The number of halogens is 1. The Bertz CT molecular complexity index is 628. The second-order valence-electron chi connectivity index (χ2n) is 4.53. The summed E-state index contributed by atoms with van der Waals surface area (Å²) in [5.74, 6) is 1.52. The summed E-state index contributed by atoms with van der Waals surface area (Å²) in [6, 6.07) is 5.39. The number of hydrogen-bond acceptors (Lipinski definition) is 5. The molecule has 0 aromatic heterocycles. The number of fused-ring (bicyclic) bond motifs is 2. The van der Waals surface area contributed by atoms with Gasteiger partial charge in [0.05, 0.1) is 0 Å². The maximum Gasteiger partial charge on any atom is 0.241 e. The number of phenols is 1. The topological polar surface area (TPSA) is 51.4 Å². The number of para-hydroxylation sites is 1. The van der Waals surface area contributed by atoms with Gasteiger partial charge in [0.1, 0.15) is 17.8 Å². The molecule has 0 atom stereocenters. The standard InChI is InChI=1S/C13H15ClN4O/c14-6-1-2-7-17-9-15-13-16-12-10(8-18(13)17)4-3-5-11(12)19/h3-5,8,19H,1-2,6-7,9H2. The molecule has 1 aromatic rings. The van der Waals surface area contributed by atoms with Gasteiger partial charge in [0.15, 0.2) is 0 Å². The second-order valence-corrected chi connectivity index (χ2v) is 4.90. The highest BCUT2D eigenvalue weighted by Crippen LogP contribution is 2.14. The molecule has 5 nitrogen and oxygen atoms in total. The lowest BCUT2D eigenvalue weighted by atomic mass is 10.2. The van der Waals surface area contributed by atoms with E-state index >= 15 is 0 Å². The third kappa shape index (κ3) is 2.31. The highest BCUT2D eigenvalue weighted by atomic mass is 35.5. The third-order valence-electron chi connectivity index (χ3n) is 3.20. The SMILES string of the molecule is Oc1cccc2c1=NC1=NCN(CCCCCl)N1C=2. The lowest BCUT2D eigenvalue weighted by molar-refractivity contribution is 0.130. The van der Waals surface area contributed by atoms with Crippen molar-refractivity contribution in [2.75, 3.05) is 19.1 Å². The molecular formula is C13H15ClN4O. The van der Waals surface area contributed by atoms with Gasteiger partial charge < -0.3 is 5.11 Å². The molecule has 100 valence electrons. The molecule has 1 N–H and O–H groups in total. The molecule has 3 rings (SSSR count). The number of hydrogen-bond donors (Lipinski definition) is 1. The number of aliphatic imine (C=N–C) groups is 1. The van der Waals surface area contributed by atoms with E-state index in [1.807, 2.05) is 23.3 Å². The van der Waals surface area contributed by atoms with Crippen LogP contribution < -0.4 is 10.6 Å². The van der Waals surface area contributed by atoms with Gasteiger partial charge in [0.25, 0.3) is 0 Å². The summed E-state index contributed by atoms with van der Waals surface area (Å²) in [6.07, 6.45) is 3.99. The van der Waals surface area contributed by atoms with Crippen LogP contribution in [-0.2, 0) is 0 Å². The average Bonchev–Trinajstić information content (AvgIpc) is 2.80. The first kappa shape index (κ1) is 12.4. The fraction of sp³-hybridized carbons (Fsp3) is 0.385. The number of phenolic OH excluding ortho intramolecular Hbond substituents is 1. The highest BCUT2D eigenvalue weighted by Gasteiger charge is 2.25. The van der Waals surface area contributed by atoms with Crippen molar-refractivity contribution < 1.29 is 5.11 Å². The van der Waals surface area contributed by atoms with Crippen LogP contribution in [0, 0.1) is 0 Å². The first-order valence-electron chi connectivity index (χ1n) is 6.32. The smallest absolute Gasteiger partial charge is 0.241 e. The summed E-state index contributed by atoms with van der Waals surface area (Å²) in [6.45, 7) is 1.51. The van der Waals surface area contributed by atoms with Gasteiger partial charge in [-0.25, -0.2) is 15.0 Å². The minimum absolute atomic E-state index is 0.191. The maximum atomic E-state index is 9.80. The fourth-order valence-electron chi connectivity index (χ4n) is 2.21. The first-order chi connectivity index (χ1) is 9.29. The van der Waals surface area contributed by atoms with Gasteiger partial charge in [-0.1, -0.05) is 12.1 Å². The van der Waals surface area contributed by atoms with Crippen molar-refractivity contribution in [1.29, 1.82) is 0 Å². The lowest BCUT2D eigenvalue weighted by Crippen LogP contribution is -2.44. The molecule has 0 amide bonds. The van der Waals surface area contributed by atoms with Crippen LogP contribution in [0.4, 0.5) is 0 Å². The largest absolute Gasteiger partial charge is 0.506 e. The molecule has 0 radical (unpaired) electrons. The van der Waals surface area contributed by atoms with E-state index in [2.05, 4.69) is 15.0 Å². The molecule has 0 bridgehead atoms. The van der Waals surface area contributed by atoms with Gasteiger partial charge in [-0.15, -0.1) is 11.6 Å². The molecule has 19 heavy (non-hydrogen) atoms. The quantitative estimate of drug-likeness (QED) is 0.649. The van der Waals surface area contributed by atoms with Gasteiger partial charge in [0, 0.05) is 23.8 Å². The van der Waals surface area contributed by atoms with Gasteiger partial charge in [-0.3, -0.25) is 0 Å². The predicted octanol–water partition coefficient (Wildman–Crippen LogP) is 0.628. The molecule has 0 aliphatic carbocycles. The number of unbranched alkanes of at least 4 members (excludes halogenated alkanes) is 1. The van der Waals surface area contributed by atoms with Crippen LogP contribution in [0.15, 0.2) is 28.2 Å². The van der Waals surface area contributed by atoms with Crippen LogP contribution >= 0.6 is 11.6 Å². The van der Waals surface area contributed by atoms with Crippen molar-refractivity contribution >= 4 is 23.8 Å². The van der Waals surface area contributed by atoms with E-state index in [4.69, 9.17) is 11.6 Å². The monoisotopic (exact) mass is 278 g/mol. The summed E-state index contributed by atoms with van der Waals surface area (Å²) < 4.78 is 0. The molecule has 0 saturated carbocycles. The van der Waals surface area contributed by atoms with E-state index in [9.17, 15) is 5.11 Å². The Morgan fingerprint density at radius 2 is 2.21 bits per heavy atom. The summed E-state index contributed by atoms with van der Waals surface area (Å²) >= 11 is 5.69. The number of aromatic hydroxyl groups is 1. The first-order valence-corrected chi connectivity index (χ1v) is 6.86. The fourth-order valence-corrected chi connectivity index (χ4v) is 2.40. The van der Waals surface area contributed by atoms with Gasteiger partial charge in [0.2, 0.25) is 5.96 Å². The van der Waals surface area contributed by atoms with Crippen LogP contribution in [0.1, 0.15) is 12.8 Å². The molecule has 0 fully saturated rings. The molecule has 2 aliphatic heterocycles. The highest BCUT2D eigenvalue weighted by molar-refractivity contribution is 6.17. The van der Waals surface area contributed by atoms with Crippen molar-refractivity contribution in [3.63, 3.8) is 0 Å². The van der Waals surface area contributed by atoms with Crippen molar-refractivity contribution in [3.05, 3.63) is 28.8 Å². The molecule has 2 heterocycles. The Kier molecular flexibility index (Phi) is 3.40. The summed E-state index contributed by atoms with van der Waals surface area (Å²) in [4.78, 5) is 8.80. The number of hydrazine groups is 1. The summed E-state index contributed by atoms with van der Waals surface area (Å²) in [5.41, 5.74) is 0. The molecule has 0 spiro atoms. The Morgan fingerprint density at radius 3 is 3.05 bits per heavy atom. The minimum Gasteiger partial charge on any atom is -0.506 e. The predicted molar refractivity (Wildman–Crippen MR) is 74.2 cm³/mol.